The van der Waals surface area contributed by atoms with Crippen molar-refractivity contribution in [1.82, 2.24) is 5.32 Å². The summed E-state index contributed by atoms with van der Waals surface area (Å²) >= 11 is 0. The van der Waals surface area contributed by atoms with Crippen LogP contribution in [0, 0.1) is 0 Å². The topological polar surface area (TPSA) is 110 Å². The molecule has 0 heterocycles. The molecule has 0 aromatic carbocycles. The summed E-state index contributed by atoms with van der Waals surface area (Å²) in [5, 5.41) is 43.6. The van der Waals surface area contributed by atoms with Gasteiger partial charge in [0.2, 0.25) is 5.91 Å². The summed E-state index contributed by atoms with van der Waals surface area (Å²) < 4.78 is 0. The first kappa shape index (κ1) is 53.8. The van der Waals surface area contributed by atoms with Gasteiger partial charge in [-0.3, -0.25) is 4.79 Å². The molecule has 0 fully saturated rings. The molecule has 0 bridgehead atoms. The van der Waals surface area contributed by atoms with E-state index in [-0.39, 0.29) is 0 Å². The molecule has 0 aliphatic carbocycles. The van der Waals surface area contributed by atoms with E-state index in [0.717, 1.165) is 38.5 Å². The second-order valence-corrected chi connectivity index (χ2v) is 16.8. The Kier molecular flexibility index (Phi) is 42.9. The van der Waals surface area contributed by atoms with Crippen LogP contribution in [0.4, 0.5) is 0 Å². The van der Waals surface area contributed by atoms with Crippen LogP contribution < -0.4 is 5.32 Å². The third-order valence-electron chi connectivity index (χ3n) is 11.4. The molecule has 326 valence electrons. The van der Waals surface area contributed by atoms with Crippen molar-refractivity contribution in [3.05, 3.63) is 24.3 Å². The van der Waals surface area contributed by atoms with Crippen LogP contribution >= 0.6 is 0 Å². The van der Waals surface area contributed by atoms with Gasteiger partial charge in [0.05, 0.1) is 18.8 Å². The average molecular weight is 778 g/mol. The molecule has 0 aliphatic heterocycles. The zero-order chi connectivity index (χ0) is 40.3. The Morgan fingerprint density at radius 1 is 0.436 bits per heavy atom. The van der Waals surface area contributed by atoms with Gasteiger partial charge in [0.1, 0.15) is 12.2 Å². The van der Waals surface area contributed by atoms with Crippen LogP contribution in [0.1, 0.15) is 251 Å². The molecule has 0 saturated carbocycles. The number of carbonyl (C=O) groups is 1. The van der Waals surface area contributed by atoms with E-state index in [9.17, 15) is 25.2 Å². The largest absolute Gasteiger partial charge is 0.394 e. The summed E-state index contributed by atoms with van der Waals surface area (Å²) in [5.41, 5.74) is 0. The highest BCUT2D eigenvalue weighted by molar-refractivity contribution is 5.80. The number of allylic oxidation sites excluding steroid dienone is 4. The second-order valence-electron chi connectivity index (χ2n) is 16.8. The van der Waals surface area contributed by atoms with Crippen LogP contribution in [0.5, 0.6) is 0 Å². The standard InChI is InChI=1S/C49H95NO5/c1-3-5-7-9-11-13-15-16-17-18-19-20-21-22-23-24-25-26-27-28-29-30-31-32-33-35-36-38-40-42-46(52)48(54)45(44-51)50-49(55)47(53)43-41-39-37-34-14-12-10-8-6-4-2/h30-31,35-36,45-48,51-54H,3-29,32-34,37-44H2,1-2H3,(H,50,55)/b31-30+,36-35+. The molecular weight excluding hydrogens is 683 g/mol. The monoisotopic (exact) mass is 778 g/mol. The van der Waals surface area contributed by atoms with Gasteiger partial charge in [0.15, 0.2) is 0 Å². The highest BCUT2D eigenvalue weighted by Crippen LogP contribution is 2.16. The van der Waals surface area contributed by atoms with Gasteiger partial charge in [-0.1, -0.05) is 224 Å². The Balaban J connectivity index is 3.65. The lowest BCUT2D eigenvalue weighted by atomic mass is 10.00. The van der Waals surface area contributed by atoms with Gasteiger partial charge < -0.3 is 25.7 Å². The van der Waals surface area contributed by atoms with E-state index in [4.69, 9.17) is 0 Å². The van der Waals surface area contributed by atoms with Crippen LogP contribution in [0.25, 0.3) is 0 Å². The summed E-state index contributed by atoms with van der Waals surface area (Å²) in [6, 6.07) is -1.00. The van der Waals surface area contributed by atoms with E-state index < -0.39 is 36.9 Å². The van der Waals surface area contributed by atoms with Crippen molar-refractivity contribution in [3.63, 3.8) is 0 Å². The van der Waals surface area contributed by atoms with E-state index in [1.807, 2.05) is 0 Å². The first-order valence-electron chi connectivity index (χ1n) is 24.2. The molecule has 0 aromatic rings. The third kappa shape index (κ3) is 38.1. The smallest absolute Gasteiger partial charge is 0.249 e. The van der Waals surface area contributed by atoms with Gasteiger partial charge in [-0.05, 0) is 51.4 Å². The molecule has 4 atom stereocenters. The Labute approximate surface area is 342 Å². The van der Waals surface area contributed by atoms with Crippen molar-refractivity contribution < 1.29 is 25.2 Å². The summed E-state index contributed by atoms with van der Waals surface area (Å²) in [4.78, 5) is 12.4. The van der Waals surface area contributed by atoms with Gasteiger partial charge in [-0.25, -0.2) is 0 Å². The van der Waals surface area contributed by atoms with E-state index in [1.165, 1.54) is 180 Å². The number of aliphatic hydroxyl groups excluding tert-OH is 4. The molecule has 55 heavy (non-hydrogen) atoms. The molecule has 0 aliphatic rings. The van der Waals surface area contributed by atoms with E-state index in [0.29, 0.717) is 19.3 Å². The van der Waals surface area contributed by atoms with Crippen molar-refractivity contribution in [2.24, 2.45) is 0 Å². The molecule has 6 heteroatoms. The zero-order valence-electron chi connectivity index (χ0n) is 36.7. The molecule has 1 amide bonds. The molecule has 0 radical (unpaired) electrons. The molecule has 0 saturated heterocycles. The maximum absolute atomic E-state index is 12.4. The molecule has 0 rings (SSSR count). The first-order chi connectivity index (χ1) is 27.0. The van der Waals surface area contributed by atoms with Crippen molar-refractivity contribution >= 4 is 5.91 Å². The van der Waals surface area contributed by atoms with Crippen molar-refractivity contribution in [2.75, 3.05) is 6.61 Å². The minimum Gasteiger partial charge on any atom is -0.394 e. The van der Waals surface area contributed by atoms with E-state index in [2.05, 4.69) is 43.5 Å². The van der Waals surface area contributed by atoms with Crippen molar-refractivity contribution in [2.45, 2.75) is 276 Å². The number of unbranched alkanes of at least 4 members (excludes halogenated alkanes) is 31. The van der Waals surface area contributed by atoms with Crippen LogP contribution in [0.3, 0.4) is 0 Å². The lowest BCUT2D eigenvalue weighted by Gasteiger charge is -2.27. The van der Waals surface area contributed by atoms with Crippen LogP contribution in [0.15, 0.2) is 24.3 Å². The Bertz CT molecular complexity index is 832. The van der Waals surface area contributed by atoms with Crippen LogP contribution in [0.2, 0.25) is 0 Å². The van der Waals surface area contributed by atoms with Crippen molar-refractivity contribution in [3.8, 4) is 0 Å². The summed E-state index contributed by atoms with van der Waals surface area (Å²) in [7, 11) is 0. The predicted octanol–water partition coefficient (Wildman–Crippen LogP) is 13.1. The first-order valence-corrected chi connectivity index (χ1v) is 24.2. The van der Waals surface area contributed by atoms with Gasteiger partial charge >= 0.3 is 0 Å². The number of hydrogen-bond acceptors (Lipinski definition) is 5. The van der Waals surface area contributed by atoms with E-state index in [1.54, 1.807) is 0 Å². The molecule has 4 unspecified atom stereocenters. The fraction of sp³-hybridized carbons (Fsp3) is 0.898. The van der Waals surface area contributed by atoms with Gasteiger partial charge in [0, 0.05) is 0 Å². The number of nitrogens with one attached hydrogen (secondary N) is 1. The molecule has 0 spiro atoms. The summed E-state index contributed by atoms with van der Waals surface area (Å²) in [5.74, 6) is -0.598. The number of hydrogen-bond donors (Lipinski definition) is 5. The molecule has 0 aromatic heterocycles. The number of amides is 1. The fourth-order valence-electron chi connectivity index (χ4n) is 7.54. The van der Waals surface area contributed by atoms with Crippen LogP contribution in [-0.4, -0.2) is 57.3 Å². The van der Waals surface area contributed by atoms with Gasteiger partial charge in [-0.15, -0.1) is 0 Å². The number of carbonyl (C=O) groups excluding carboxylic acids is 1. The lowest BCUT2D eigenvalue weighted by Crippen LogP contribution is -2.53. The van der Waals surface area contributed by atoms with Gasteiger partial charge in [-0.2, -0.15) is 0 Å². The fourth-order valence-corrected chi connectivity index (χ4v) is 7.54. The lowest BCUT2D eigenvalue weighted by molar-refractivity contribution is -0.132. The predicted molar refractivity (Wildman–Crippen MR) is 237 cm³/mol. The Hall–Kier alpha value is -1.21. The third-order valence-corrected chi connectivity index (χ3v) is 11.4. The van der Waals surface area contributed by atoms with Gasteiger partial charge in [0.25, 0.3) is 0 Å². The van der Waals surface area contributed by atoms with E-state index >= 15 is 0 Å². The maximum atomic E-state index is 12.4. The second kappa shape index (κ2) is 43.9. The van der Waals surface area contributed by atoms with Crippen LogP contribution in [-0.2, 0) is 4.79 Å². The SMILES string of the molecule is CCCCCCCCCCCCCCCCCCCCCC/C=C/CC/C=C/CCCC(O)C(O)C(CO)NC(=O)C(O)CCCCCCCCCCCC. The Morgan fingerprint density at radius 2 is 0.764 bits per heavy atom. The number of aliphatic hydroxyl groups is 4. The summed E-state index contributed by atoms with van der Waals surface area (Å²) in [6.07, 6.45) is 51.1. The normalized spacial score (nSPS) is 14.2. The summed E-state index contributed by atoms with van der Waals surface area (Å²) in [6.45, 7) is 4.02. The van der Waals surface area contributed by atoms with Crippen molar-refractivity contribution in [1.29, 1.82) is 0 Å². The highest BCUT2D eigenvalue weighted by Gasteiger charge is 2.28. The maximum Gasteiger partial charge on any atom is 0.249 e. The molecule has 6 nitrogen and oxygen atoms in total. The molecular formula is C49H95NO5. The Morgan fingerprint density at radius 3 is 1.15 bits per heavy atom. The highest BCUT2D eigenvalue weighted by atomic mass is 16.3. The molecule has 5 N–H and O–H groups in total. The quantitative estimate of drug-likeness (QED) is 0.0313. The number of rotatable bonds is 44. The zero-order valence-corrected chi connectivity index (χ0v) is 36.7. The minimum absolute atomic E-state index is 0.362. The minimum atomic E-state index is -1.29. The average Bonchev–Trinajstić information content (AvgIpc) is 3.19.